The lowest BCUT2D eigenvalue weighted by Crippen LogP contribution is -2.15. The molecule has 1 heterocycles. The van der Waals surface area contributed by atoms with Crippen molar-refractivity contribution in [3.8, 4) is 0 Å². The van der Waals surface area contributed by atoms with Crippen molar-refractivity contribution in [1.29, 1.82) is 0 Å². The average molecular weight is 156 g/mol. The quantitative estimate of drug-likeness (QED) is 0.611. The Bertz CT molecular complexity index is 222. The minimum Gasteiger partial charge on any atom is -0.360 e. The molecule has 0 saturated carbocycles. The predicted molar refractivity (Wildman–Crippen MR) is 39.7 cm³/mol. The SMILES string of the molecule is CON(C)Cc1cc(C)no1. The van der Waals surface area contributed by atoms with Crippen LogP contribution in [0.3, 0.4) is 0 Å². The maximum Gasteiger partial charge on any atom is 0.153 e. The van der Waals surface area contributed by atoms with E-state index >= 15 is 0 Å². The van der Waals surface area contributed by atoms with E-state index in [2.05, 4.69) is 5.16 Å². The summed E-state index contributed by atoms with van der Waals surface area (Å²) in [5.74, 6) is 0.812. The first kappa shape index (κ1) is 8.23. The number of aromatic nitrogens is 1. The molecule has 4 heteroatoms. The van der Waals surface area contributed by atoms with Crippen molar-refractivity contribution in [2.75, 3.05) is 14.2 Å². The van der Waals surface area contributed by atoms with Crippen LogP contribution in [0.15, 0.2) is 10.6 Å². The number of nitrogens with zero attached hydrogens (tertiary/aromatic N) is 2. The summed E-state index contributed by atoms with van der Waals surface area (Å²) in [4.78, 5) is 4.91. The highest BCUT2D eigenvalue weighted by atomic mass is 16.7. The third-order valence-electron chi connectivity index (χ3n) is 1.37. The number of aryl methyl sites for hydroxylation is 1. The van der Waals surface area contributed by atoms with Crippen LogP contribution in [0, 0.1) is 6.92 Å². The van der Waals surface area contributed by atoms with Gasteiger partial charge in [-0.05, 0) is 6.92 Å². The Labute approximate surface area is 65.7 Å². The van der Waals surface area contributed by atoms with Crippen LogP contribution in [-0.4, -0.2) is 24.4 Å². The molecule has 1 aromatic heterocycles. The molecule has 0 aliphatic rings. The largest absolute Gasteiger partial charge is 0.360 e. The van der Waals surface area contributed by atoms with Crippen molar-refractivity contribution in [3.63, 3.8) is 0 Å². The van der Waals surface area contributed by atoms with Crippen LogP contribution in [0.1, 0.15) is 11.5 Å². The maximum absolute atomic E-state index is 4.97. The summed E-state index contributed by atoms with van der Waals surface area (Å²) in [5.41, 5.74) is 0.893. The molecule has 0 amide bonds. The summed E-state index contributed by atoms with van der Waals surface area (Å²) in [6, 6.07) is 1.88. The van der Waals surface area contributed by atoms with E-state index in [0.717, 1.165) is 11.5 Å². The van der Waals surface area contributed by atoms with Gasteiger partial charge in [-0.15, -0.1) is 0 Å². The molecule has 0 radical (unpaired) electrons. The van der Waals surface area contributed by atoms with E-state index in [1.807, 2.05) is 20.0 Å². The fraction of sp³-hybridized carbons (Fsp3) is 0.571. The molecule has 0 N–H and O–H groups in total. The highest BCUT2D eigenvalue weighted by Crippen LogP contribution is 2.04. The van der Waals surface area contributed by atoms with Gasteiger partial charge in [-0.1, -0.05) is 5.16 Å². The summed E-state index contributed by atoms with van der Waals surface area (Å²) in [7, 11) is 3.45. The lowest BCUT2D eigenvalue weighted by molar-refractivity contribution is -0.120. The Morgan fingerprint density at radius 2 is 2.45 bits per heavy atom. The van der Waals surface area contributed by atoms with E-state index in [4.69, 9.17) is 9.36 Å². The zero-order chi connectivity index (χ0) is 8.27. The van der Waals surface area contributed by atoms with Crippen molar-refractivity contribution in [1.82, 2.24) is 10.2 Å². The number of hydroxylamine groups is 2. The van der Waals surface area contributed by atoms with Crippen LogP contribution in [0.4, 0.5) is 0 Å². The molecule has 0 spiro atoms. The number of rotatable bonds is 3. The molecule has 1 aromatic rings. The van der Waals surface area contributed by atoms with Crippen molar-refractivity contribution >= 4 is 0 Å². The average Bonchev–Trinajstić information content (AvgIpc) is 2.35. The van der Waals surface area contributed by atoms with Gasteiger partial charge in [-0.2, -0.15) is 5.06 Å². The van der Waals surface area contributed by atoms with E-state index < -0.39 is 0 Å². The molecule has 0 aliphatic carbocycles. The van der Waals surface area contributed by atoms with Gasteiger partial charge in [0, 0.05) is 13.1 Å². The van der Waals surface area contributed by atoms with Gasteiger partial charge in [-0.3, -0.25) is 0 Å². The van der Waals surface area contributed by atoms with E-state index in [0.29, 0.717) is 6.54 Å². The first-order valence-electron chi connectivity index (χ1n) is 3.40. The van der Waals surface area contributed by atoms with Gasteiger partial charge < -0.3 is 9.36 Å². The lowest BCUT2D eigenvalue weighted by atomic mass is 10.4. The van der Waals surface area contributed by atoms with Crippen molar-refractivity contribution in [2.45, 2.75) is 13.5 Å². The molecular weight excluding hydrogens is 144 g/mol. The van der Waals surface area contributed by atoms with Gasteiger partial charge in [0.25, 0.3) is 0 Å². The van der Waals surface area contributed by atoms with Crippen LogP contribution in [0.5, 0.6) is 0 Å². The van der Waals surface area contributed by atoms with E-state index in [-0.39, 0.29) is 0 Å². The topological polar surface area (TPSA) is 38.5 Å². The second-order valence-corrected chi connectivity index (χ2v) is 2.40. The molecule has 0 atom stereocenters. The van der Waals surface area contributed by atoms with E-state index in [1.165, 1.54) is 0 Å². The van der Waals surface area contributed by atoms with Crippen LogP contribution >= 0.6 is 0 Å². The molecule has 1 rings (SSSR count). The van der Waals surface area contributed by atoms with Crippen molar-refractivity contribution < 1.29 is 9.36 Å². The first-order valence-corrected chi connectivity index (χ1v) is 3.40. The lowest BCUT2D eigenvalue weighted by Gasteiger charge is -2.09. The highest BCUT2D eigenvalue weighted by Gasteiger charge is 2.03. The first-order chi connectivity index (χ1) is 5.22. The summed E-state index contributed by atoms with van der Waals surface area (Å²) >= 11 is 0. The predicted octanol–water partition coefficient (Wildman–Crippen LogP) is 0.976. The maximum atomic E-state index is 4.97. The zero-order valence-corrected chi connectivity index (χ0v) is 7.00. The Hall–Kier alpha value is -0.870. The summed E-state index contributed by atoms with van der Waals surface area (Å²) in [6.45, 7) is 2.51. The zero-order valence-electron chi connectivity index (χ0n) is 7.00. The van der Waals surface area contributed by atoms with Gasteiger partial charge in [0.2, 0.25) is 0 Å². The van der Waals surface area contributed by atoms with Crippen LogP contribution in [0.25, 0.3) is 0 Å². The molecule has 0 saturated heterocycles. The minimum atomic E-state index is 0.622. The van der Waals surface area contributed by atoms with Gasteiger partial charge >= 0.3 is 0 Å². The molecule has 4 nitrogen and oxygen atoms in total. The van der Waals surface area contributed by atoms with Crippen LogP contribution in [0.2, 0.25) is 0 Å². The Kier molecular flexibility index (Phi) is 2.62. The third kappa shape index (κ3) is 2.32. The third-order valence-corrected chi connectivity index (χ3v) is 1.37. The summed E-state index contributed by atoms with van der Waals surface area (Å²) < 4.78 is 4.97. The smallest absolute Gasteiger partial charge is 0.153 e. The molecular formula is C7H12N2O2. The molecule has 0 aromatic carbocycles. The van der Waals surface area contributed by atoms with Crippen LogP contribution < -0.4 is 0 Å². The minimum absolute atomic E-state index is 0.622. The van der Waals surface area contributed by atoms with Gasteiger partial charge in [-0.25, -0.2) is 0 Å². The second kappa shape index (κ2) is 3.50. The molecule has 0 fully saturated rings. The van der Waals surface area contributed by atoms with Gasteiger partial charge in [0.1, 0.15) is 0 Å². The highest BCUT2D eigenvalue weighted by molar-refractivity contribution is 5.02. The van der Waals surface area contributed by atoms with Gasteiger partial charge in [0.15, 0.2) is 5.76 Å². The Balaban J connectivity index is 2.50. The molecule has 0 bridgehead atoms. The van der Waals surface area contributed by atoms with E-state index in [1.54, 1.807) is 12.2 Å². The van der Waals surface area contributed by atoms with Gasteiger partial charge in [0.05, 0.1) is 19.3 Å². The van der Waals surface area contributed by atoms with E-state index in [9.17, 15) is 0 Å². The van der Waals surface area contributed by atoms with Crippen LogP contribution in [-0.2, 0) is 11.4 Å². The fourth-order valence-electron chi connectivity index (χ4n) is 0.775. The monoisotopic (exact) mass is 156 g/mol. The fourth-order valence-corrected chi connectivity index (χ4v) is 0.775. The molecule has 0 aliphatic heterocycles. The second-order valence-electron chi connectivity index (χ2n) is 2.40. The van der Waals surface area contributed by atoms with Crippen molar-refractivity contribution in [3.05, 3.63) is 17.5 Å². The molecule has 62 valence electrons. The number of hydrogen-bond acceptors (Lipinski definition) is 4. The Morgan fingerprint density at radius 1 is 1.73 bits per heavy atom. The molecule has 0 unspecified atom stereocenters. The number of hydrogen-bond donors (Lipinski definition) is 0. The van der Waals surface area contributed by atoms with Crippen molar-refractivity contribution in [2.24, 2.45) is 0 Å². The summed E-state index contributed by atoms with van der Waals surface area (Å²) in [6.07, 6.45) is 0. The normalized spacial score (nSPS) is 10.9. The Morgan fingerprint density at radius 3 is 2.91 bits per heavy atom. The standard InChI is InChI=1S/C7H12N2O2/c1-6-4-7(11-8-6)5-9(2)10-3/h4H,5H2,1-3H3. The molecule has 11 heavy (non-hydrogen) atoms. The summed E-state index contributed by atoms with van der Waals surface area (Å²) in [5, 5.41) is 5.41.